The van der Waals surface area contributed by atoms with Gasteiger partial charge in [-0.05, 0) is 5.25 Å². The molecule has 0 spiro atoms. The Kier molecular flexibility index (Phi) is 3.74. The second-order valence-corrected chi connectivity index (χ2v) is 6.74. The third-order valence-corrected chi connectivity index (χ3v) is 4.63. The highest BCUT2D eigenvalue weighted by Crippen LogP contribution is 2.29. The van der Waals surface area contributed by atoms with Gasteiger partial charge in [0.05, 0.1) is 5.75 Å². The highest BCUT2D eigenvalue weighted by atomic mass is 32.2. The molecule has 1 N–H and O–H groups in total. The van der Waals surface area contributed by atoms with E-state index in [4.69, 9.17) is 12.2 Å². The normalized spacial score (nSPS) is 14.6. The molecule has 0 amide bonds. The van der Waals surface area contributed by atoms with Crippen molar-refractivity contribution in [2.75, 3.05) is 0 Å². The van der Waals surface area contributed by atoms with E-state index in [2.05, 4.69) is 23.8 Å². The van der Waals surface area contributed by atoms with Crippen LogP contribution in [0.15, 0.2) is 0 Å². The Hall–Kier alpha value is -0.000000000000000111. The summed E-state index contributed by atoms with van der Waals surface area (Å²) >= 11 is 9.09. The van der Waals surface area contributed by atoms with Crippen molar-refractivity contribution in [1.29, 1.82) is 0 Å². The van der Waals surface area contributed by atoms with E-state index in [0.717, 1.165) is 27.7 Å². The number of hydrogen-bond acceptors (Lipinski definition) is 4. The summed E-state index contributed by atoms with van der Waals surface area (Å²) < 4.78 is 0.799. The Labute approximate surface area is 104 Å². The van der Waals surface area contributed by atoms with Crippen LogP contribution in [0.25, 0.3) is 0 Å². The molecule has 0 aromatic carbocycles. The van der Waals surface area contributed by atoms with Crippen LogP contribution in [0.4, 0.5) is 0 Å². The molecule has 0 fully saturated rings. The number of aromatic nitrogens is 2. The molecule has 0 saturated carbocycles. The maximum absolute atomic E-state index is 5.29. The second kappa shape index (κ2) is 4.89. The Morgan fingerprint density at radius 1 is 1.53 bits per heavy atom. The summed E-state index contributed by atoms with van der Waals surface area (Å²) in [6.07, 6.45) is 0. The number of H-pyrrole nitrogens is 1. The summed E-state index contributed by atoms with van der Waals surface area (Å²) in [6.45, 7) is 4.39. The number of thioether (sulfide) groups is 2. The number of nitrogens with one attached hydrogen (secondary N) is 1. The van der Waals surface area contributed by atoms with Crippen molar-refractivity contribution in [3.05, 3.63) is 21.7 Å². The SMILES string of the molecule is CC(C)SCc1nc(=S)c2c([nH]1)CSC2. The largest absolute Gasteiger partial charge is 0.345 e. The van der Waals surface area contributed by atoms with Crippen LogP contribution in [0.3, 0.4) is 0 Å². The minimum atomic E-state index is 0.636. The summed E-state index contributed by atoms with van der Waals surface area (Å²) in [5.74, 6) is 4.04. The lowest BCUT2D eigenvalue weighted by Crippen LogP contribution is -2.01. The third-order valence-electron chi connectivity index (χ3n) is 2.20. The van der Waals surface area contributed by atoms with E-state index >= 15 is 0 Å². The van der Waals surface area contributed by atoms with Gasteiger partial charge in [0, 0.05) is 22.8 Å². The molecular weight excluding hydrogens is 244 g/mol. The molecule has 1 aromatic heterocycles. The van der Waals surface area contributed by atoms with E-state index in [1.807, 2.05) is 23.5 Å². The van der Waals surface area contributed by atoms with Gasteiger partial charge in [-0.25, -0.2) is 4.98 Å². The molecule has 0 bridgehead atoms. The molecule has 0 unspecified atom stereocenters. The average Bonchev–Trinajstić information content (AvgIpc) is 2.63. The number of fused-ring (bicyclic) bond motifs is 1. The zero-order valence-corrected chi connectivity index (χ0v) is 11.3. The van der Waals surface area contributed by atoms with Gasteiger partial charge < -0.3 is 4.98 Å². The van der Waals surface area contributed by atoms with Gasteiger partial charge in [0.25, 0.3) is 0 Å². The highest BCUT2D eigenvalue weighted by Gasteiger charge is 2.15. The molecule has 2 heterocycles. The van der Waals surface area contributed by atoms with Crippen molar-refractivity contribution >= 4 is 35.7 Å². The van der Waals surface area contributed by atoms with Crippen LogP contribution < -0.4 is 0 Å². The first-order valence-corrected chi connectivity index (χ1v) is 7.58. The van der Waals surface area contributed by atoms with E-state index in [1.165, 1.54) is 11.3 Å². The summed E-state index contributed by atoms with van der Waals surface area (Å²) in [4.78, 5) is 7.84. The van der Waals surface area contributed by atoms with Gasteiger partial charge in [0.2, 0.25) is 0 Å². The first-order valence-electron chi connectivity index (χ1n) is 4.97. The van der Waals surface area contributed by atoms with Crippen LogP contribution >= 0.6 is 35.7 Å². The van der Waals surface area contributed by atoms with Gasteiger partial charge in [-0.2, -0.15) is 23.5 Å². The molecule has 5 heteroatoms. The van der Waals surface area contributed by atoms with Gasteiger partial charge in [0.15, 0.2) is 0 Å². The van der Waals surface area contributed by atoms with Gasteiger partial charge in [-0.1, -0.05) is 26.1 Å². The molecule has 1 aromatic rings. The molecule has 0 saturated heterocycles. The van der Waals surface area contributed by atoms with Gasteiger partial charge in [-0.3, -0.25) is 0 Å². The lowest BCUT2D eigenvalue weighted by atomic mass is 10.3. The Morgan fingerprint density at radius 3 is 3.07 bits per heavy atom. The standard InChI is InChI=1S/C10H14N2S3/c1-6(2)15-5-9-11-8-4-14-3-7(8)10(13)12-9/h6H,3-5H2,1-2H3,(H,11,12,13). The lowest BCUT2D eigenvalue weighted by Gasteiger charge is -2.06. The quantitative estimate of drug-likeness (QED) is 0.840. The maximum Gasteiger partial charge on any atom is 0.134 e. The zero-order chi connectivity index (χ0) is 10.8. The van der Waals surface area contributed by atoms with E-state index < -0.39 is 0 Å². The zero-order valence-electron chi connectivity index (χ0n) is 8.87. The average molecular weight is 258 g/mol. The highest BCUT2D eigenvalue weighted by molar-refractivity contribution is 7.99. The van der Waals surface area contributed by atoms with E-state index in [-0.39, 0.29) is 0 Å². The minimum Gasteiger partial charge on any atom is -0.345 e. The van der Waals surface area contributed by atoms with Crippen molar-refractivity contribution in [1.82, 2.24) is 9.97 Å². The molecule has 0 aliphatic carbocycles. The van der Waals surface area contributed by atoms with Crippen LogP contribution in [-0.2, 0) is 17.3 Å². The number of aromatic amines is 1. The topological polar surface area (TPSA) is 28.7 Å². The smallest absolute Gasteiger partial charge is 0.134 e. The van der Waals surface area contributed by atoms with Crippen molar-refractivity contribution in [2.24, 2.45) is 0 Å². The summed E-state index contributed by atoms with van der Waals surface area (Å²) in [5.41, 5.74) is 2.53. The van der Waals surface area contributed by atoms with Crippen molar-refractivity contribution in [3.8, 4) is 0 Å². The predicted octanol–water partition coefficient (Wildman–Crippen LogP) is 3.53. The van der Waals surface area contributed by atoms with Crippen LogP contribution in [0.2, 0.25) is 0 Å². The molecule has 15 heavy (non-hydrogen) atoms. The van der Waals surface area contributed by atoms with Gasteiger partial charge in [0.1, 0.15) is 10.5 Å². The van der Waals surface area contributed by atoms with E-state index in [1.54, 1.807) is 0 Å². The minimum absolute atomic E-state index is 0.636. The maximum atomic E-state index is 5.29. The molecular formula is C10H14N2S3. The van der Waals surface area contributed by atoms with Crippen LogP contribution in [-0.4, -0.2) is 15.2 Å². The molecule has 2 rings (SSSR count). The fourth-order valence-electron chi connectivity index (χ4n) is 1.44. The Morgan fingerprint density at radius 2 is 2.33 bits per heavy atom. The van der Waals surface area contributed by atoms with Crippen molar-refractivity contribution in [3.63, 3.8) is 0 Å². The van der Waals surface area contributed by atoms with Gasteiger partial charge >= 0.3 is 0 Å². The first-order chi connectivity index (χ1) is 7.16. The molecule has 2 nitrogen and oxygen atoms in total. The number of nitrogens with zero attached hydrogens (tertiary/aromatic N) is 1. The summed E-state index contributed by atoms with van der Waals surface area (Å²) in [5, 5.41) is 0.636. The fourth-order valence-corrected chi connectivity index (χ4v) is 3.53. The monoisotopic (exact) mass is 258 g/mol. The van der Waals surface area contributed by atoms with Crippen molar-refractivity contribution < 1.29 is 0 Å². The van der Waals surface area contributed by atoms with Crippen LogP contribution in [0.1, 0.15) is 30.9 Å². The second-order valence-electron chi connectivity index (χ2n) is 3.80. The van der Waals surface area contributed by atoms with Crippen LogP contribution in [0, 0.1) is 4.64 Å². The van der Waals surface area contributed by atoms with E-state index in [0.29, 0.717) is 5.25 Å². The fraction of sp³-hybridized carbons (Fsp3) is 0.600. The molecule has 0 radical (unpaired) electrons. The third kappa shape index (κ3) is 2.77. The van der Waals surface area contributed by atoms with Crippen LogP contribution in [0.5, 0.6) is 0 Å². The lowest BCUT2D eigenvalue weighted by molar-refractivity contribution is 0.958. The summed E-state index contributed by atoms with van der Waals surface area (Å²) in [6, 6.07) is 0. The first kappa shape index (κ1) is 11.5. The van der Waals surface area contributed by atoms with E-state index in [9.17, 15) is 0 Å². The predicted molar refractivity (Wildman–Crippen MR) is 70.9 cm³/mol. The van der Waals surface area contributed by atoms with Gasteiger partial charge in [-0.15, -0.1) is 0 Å². The number of hydrogen-bond donors (Lipinski definition) is 1. The molecule has 1 aliphatic rings. The Balaban J connectivity index is 2.20. The molecule has 82 valence electrons. The molecule has 0 atom stereocenters. The summed E-state index contributed by atoms with van der Waals surface area (Å²) in [7, 11) is 0. The van der Waals surface area contributed by atoms with Crippen molar-refractivity contribution in [2.45, 2.75) is 36.4 Å². The number of rotatable bonds is 3. The molecule has 1 aliphatic heterocycles. The Bertz CT molecular complexity index is 412.